The summed E-state index contributed by atoms with van der Waals surface area (Å²) in [7, 11) is -4.90. The number of para-hydroxylation sites is 2. The first-order valence-electron chi connectivity index (χ1n) is 6.95. The number of benzene rings is 2. The van der Waals surface area contributed by atoms with E-state index in [4.69, 9.17) is 9.79 Å². The summed E-state index contributed by atoms with van der Waals surface area (Å²) >= 11 is 0. The van der Waals surface area contributed by atoms with Gasteiger partial charge >= 0.3 is 7.82 Å². The van der Waals surface area contributed by atoms with Crippen LogP contribution in [0.15, 0.2) is 60.7 Å². The minimum Gasteiger partial charge on any atom is -0.341 e. The molecule has 0 aromatic heterocycles. The molecule has 0 amide bonds. The summed E-state index contributed by atoms with van der Waals surface area (Å²) in [5, 5.41) is 0. The number of hydrogen-bond acceptors (Lipinski definition) is 3. The zero-order valence-corrected chi connectivity index (χ0v) is 15.3. The average Bonchev–Trinajstić information content (AvgIpc) is 2.51. The predicted octanol–water partition coefficient (Wildman–Crippen LogP) is 2.41. The van der Waals surface area contributed by atoms with Crippen LogP contribution in [0.2, 0.25) is 0 Å². The Morgan fingerprint density at radius 3 is 1.75 bits per heavy atom. The Kier molecular flexibility index (Phi) is 6.80. The van der Waals surface area contributed by atoms with Crippen LogP contribution in [0.25, 0.3) is 0 Å². The van der Waals surface area contributed by atoms with E-state index in [1.54, 1.807) is 0 Å². The predicted molar refractivity (Wildman–Crippen MR) is 98.0 cm³/mol. The van der Waals surface area contributed by atoms with Gasteiger partial charge in [0.2, 0.25) is 0 Å². The second-order valence-corrected chi connectivity index (χ2v) is 10.6. The summed E-state index contributed by atoms with van der Waals surface area (Å²) in [5.74, 6) is 0.255. The normalized spacial score (nSPS) is 12.2. The van der Waals surface area contributed by atoms with Gasteiger partial charge < -0.3 is 24.5 Å². The van der Waals surface area contributed by atoms with Gasteiger partial charge in [-0.15, -0.1) is 10.9 Å². The molecule has 0 unspecified atom stereocenters. The summed E-state index contributed by atoms with van der Waals surface area (Å²) in [6, 6.07) is 19.1. The smallest absolute Gasteiger partial charge is 0.341 e. The SMILES string of the molecule is O=P(O)(O)OP(O)(O)=[SH]CCN(c1ccccc1)c1ccccc1. The maximum absolute atomic E-state index is 10.8. The van der Waals surface area contributed by atoms with Crippen LogP contribution in [0.5, 0.6) is 0 Å². The number of anilines is 2. The lowest BCUT2D eigenvalue weighted by atomic mass is 10.2. The summed E-state index contributed by atoms with van der Waals surface area (Å²) in [6.45, 7) is -3.70. The molecule has 2 aromatic rings. The van der Waals surface area contributed by atoms with Crippen molar-refractivity contribution in [3.05, 3.63) is 60.7 Å². The van der Waals surface area contributed by atoms with E-state index in [-0.39, 0.29) is 16.7 Å². The molecule has 0 bridgehead atoms. The molecule has 24 heavy (non-hydrogen) atoms. The Morgan fingerprint density at radius 2 is 1.33 bits per heavy atom. The highest BCUT2D eigenvalue weighted by Crippen LogP contribution is 2.55. The fourth-order valence-corrected chi connectivity index (χ4v) is 6.34. The highest BCUT2D eigenvalue weighted by atomic mass is 32.5. The zero-order valence-electron chi connectivity index (χ0n) is 12.6. The van der Waals surface area contributed by atoms with Crippen molar-refractivity contribution in [3.63, 3.8) is 0 Å². The maximum Gasteiger partial charge on any atom is 0.476 e. The molecule has 2 rings (SSSR count). The van der Waals surface area contributed by atoms with Gasteiger partial charge in [-0.3, -0.25) is 0 Å². The van der Waals surface area contributed by atoms with E-state index in [0.717, 1.165) is 11.4 Å². The van der Waals surface area contributed by atoms with E-state index in [9.17, 15) is 14.4 Å². The number of thiol groups is 1. The highest BCUT2D eigenvalue weighted by molar-refractivity contribution is 8.17. The van der Waals surface area contributed by atoms with Crippen LogP contribution in [-0.4, -0.2) is 31.9 Å². The molecule has 0 spiro atoms. The second-order valence-electron chi connectivity index (χ2n) is 4.77. The van der Waals surface area contributed by atoms with Gasteiger partial charge in [-0.25, -0.2) is 8.88 Å². The van der Waals surface area contributed by atoms with E-state index >= 15 is 0 Å². The van der Waals surface area contributed by atoms with Gasteiger partial charge in [-0.2, -0.15) is 0 Å². The monoisotopic (exact) mass is 391 g/mol. The number of rotatable bonds is 7. The van der Waals surface area contributed by atoms with Crippen molar-refractivity contribution in [3.8, 4) is 0 Å². The minimum atomic E-state index is -4.94. The second kappa shape index (κ2) is 8.43. The zero-order chi connectivity index (χ0) is 17.6. The highest BCUT2D eigenvalue weighted by Gasteiger charge is 2.24. The molecule has 0 aliphatic heterocycles. The standard InChI is InChI=1S/C14H19NO6P2S/c16-22(17,18)21-23(19,20)24-12-11-15(13-7-3-1-4-8-13)14-9-5-2-6-10-14/h1-10,19-20,24H,11-12H2,(H2,16,17,18). The van der Waals surface area contributed by atoms with Crippen LogP contribution >= 0.6 is 14.5 Å². The van der Waals surface area contributed by atoms with Crippen LogP contribution in [0.1, 0.15) is 0 Å². The van der Waals surface area contributed by atoms with E-state index in [1.807, 2.05) is 65.6 Å². The van der Waals surface area contributed by atoms with Gasteiger partial charge in [0.1, 0.15) is 0 Å². The molecule has 4 N–H and O–H groups in total. The molecule has 132 valence electrons. The number of phosphoric acid groups is 1. The molecule has 0 aliphatic rings. The van der Waals surface area contributed by atoms with Crippen molar-refractivity contribution in [2.24, 2.45) is 0 Å². The topological polar surface area (TPSA) is 110 Å². The van der Waals surface area contributed by atoms with Crippen molar-refractivity contribution < 1.29 is 28.4 Å². The lowest BCUT2D eigenvalue weighted by Gasteiger charge is -2.25. The van der Waals surface area contributed by atoms with E-state index in [1.165, 1.54) is 0 Å². The van der Waals surface area contributed by atoms with Crippen LogP contribution < -0.4 is 4.90 Å². The quantitative estimate of drug-likeness (QED) is 0.364. The van der Waals surface area contributed by atoms with Crippen LogP contribution in [-0.2, 0) is 19.8 Å². The molecular formula is C14H19NO6P2S. The van der Waals surface area contributed by atoms with E-state index < -0.39 is 14.5 Å². The molecule has 0 heterocycles. The Balaban J connectivity index is 2.17. The summed E-state index contributed by atoms with van der Waals surface area (Å²) < 4.78 is 14.8. The van der Waals surface area contributed by atoms with Crippen LogP contribution in [0.4, 0.5) is 11.4 Å². The third-order valence-electron chi connectivity index (χ3n) is 2.96. The largest absolute Gasteiger partial charge is 0.476 e. The molecule has 0 aliphatic carbocycles. The fourth-order valence-electron chi connectivity index (χ4n) is 2.07. The fraction of sp³-hybridized carbons (Fsp3) is 0.143. The Labute approximate surface area is 143 Å². The number of nitrogens with zero attached hydrogens (tertiary/aromatic N) is 1. The van der Waals surface area contributed by atoms with Gasteiger partial charge in [-0.1, -0.05) is 36.4 Å². The van der Waals surface area contributed by atoms with Crippen LogP contribution in [0.3, 0.4) is 0 Å². The molecule has 2 aromatic carbocycles. The molecule has 10 heteroatoms. The van der Waals surface area contributed by atoms with Crippen molar-refractivity contribution in [2.45, 2.75) is 0 Å². The third kappa shape index (κ3) is 6.51. The van der Waals surface area contributed by atoms with Gasteiger partial charge in [0.15, 0.2) is 0 Å². The summed E-state index contributed by atoms with van der Waals surface area (Å²) in [5.41, 5.74) is 1.85. The van der Waals surface area contributed by atoms with E-state index in [0.29, 0.717) is 6.54 Å². The first kappa shape index (κ1) is 19.4. The van der Waals surface area contributed by atoms with E-state index in [2.05, 4.69) is 4.31 Å². The molecule has 0 saturated carbocycles. The molecule has 0 saturated heterocycles. The molecule has 0 radical (unpaired) electrons. The lowest BCUT2D eigenvalue weighted by Crippen LogP contribution is -2.20. The van der Waals surface area contributed by atoms with Gasteiger partial charge in [0.25, 0.3) is 6.72 Å². The average molecular weight is 391 g/mol. The summed E-state index contributed by atoms with van der Waals surface area (Å²) in [4.78, 5) is 38.6. The lowest BCUT2D eigenvalue weighted by molar-refractivity contribution is 0.259. The molecule has 0 fully saturated rings. The molecule has 7 nitrogen and oxygen atoms in total. The first-order valence-corrected chi connectivity index (χ1v) is 11.9. The Morgan fingerprint density at radius 1 is 0.875 bits per heavy atom. The number of hydrogen-bond donors (Lipinski definition) is 5. The van der Waals surface area contributed by atoms with Crippen molar-refractivity contribution in [1.82, 2.24) is 0 Å². The summed E-state index contributed by atoms with van der Waals surface area (Å²) in [6.07, 6.45) is 0. The first-order chi connectivity index (χ1) is 11.3. The molecular weight excluding hydrogens is 372 g/mol. The molecule has 0 atom stereocenters. The van der Waals surface area contributed by atoms with Crippen molar-refractivity contribution >= 4 is 36.9 Å². The Bertz CT molecular complexity index is 707. The minimum absolute atomic E-state index is 0.0353. The van der Waals surface area contributed by atoms with Gasteiger partial charge in [0.05, 0.1) is 0 Å². The maximum atomic E-state index is 10.8. The van der Waals surface area contributed by atoms with Crippen molar-refractivity contribution in [1.29, 1.82) is 0 Å². The van der Waals surface area contributed by atoms with Crippen LogP contribution in [0, 0.1) is 0 Å². The van der Waals surface area contributed by atoms with Gasteiger partial charge in [0, 0.05) is 23.7 Å². The van der Waals surface area contributed by atoms with Gasteiger partial charge in [-0.05, 0) is 24.3 Å². The Hall–Kier alpha value is -0.950. The van der Waals surface area contributed by atoms with Crippen molar-refractivity contribution in [2.75, 3.05) is 17.2 Å². The third-order valence-corrected chi connectivity index (χ3v) is 7.82.